The van der Waals surface area contributed by atoms with Crippen molar-refractivity contribution in [1.82, 2.24) is 10.2 Å². The number of benzene rings is 1. The molecule has 1 N–H and O–H groups in total. The first kappa shape index (κ1) is 15.1. The lowest BCUT2D eigenvalue weighted by atomic mass is 10.0. The van der Waals surface area contributed by atoms with Crippen LogP contribution < -0.4 is 10.1 Å². The van der Waals surface area contributed by atoms with Crippen LogP contribution in [0.4, 0.5) is 0 Å². The summed E-state index contributed by atoms with van der Waals surface area (Å²) < 4.78 is 5.76. The Morgan fingerprint density at radius 2 is 1.81 bits per heavy atom. The van der Waals surface area contributed by atoms with Crippen LogP contribution in [0.2, 0.25) is 5.02 Å². The first-order valence-corrected chi connectivity index (χ1v) is 8.51. The molecule has 21 heavy (non-hydrogen) atoms. The first-order valence-electron chi connectivity index (χ1n) is 8.14. The lowest BCUT2D eigenvalue weighted by Gasteiger charge is -2.32. The average Bonchev–Trinajstić information content (AvgIpc) is 3.33. The Morgan fingerprint density at radius 1 is 1.10 bits per heavy atom. The van der Waals surface area contributed by atoms with E-state index in [-0.39, 0.29) is 0 Å². The Balaban J connectivity index is 1.29. The van der Waals surface area contributed by atoms with Crippen molar-refractivity contribution in [2.24, 2.45) is 5.92 Å². The van der Waals surface area contributed by atoms with E-state index >= 15 is 0 Å². The highest BCUT2D eigenvalue weighted by Gasteiger charge is 2.24. The van der Waals surface area contributed by atoms with Gasteiger partial charge in [-0.25, -0.2) is 0 Å². The number of halogens is 1. The highest BCUT2D eigenvalue weighted by molar-refractivity contribution is 6.30. The summed E-state index contributed by atoms with van der Waals surface area (Å²) in [6, 6.07) is 8.33. The minimum atomic E-state index is 0.735. The fourth-order valence-corrected chi connectivity index (χ4v) is 2.97. The standard InChI is InChI=1S/C17H25ClN2O/c18-15-3-5-17(6-4-15)21-12-11-20-9-7-16(8-10-20)19-13-14-1-2-14/h3-6,14,16,19H,1-2,7-13H2. The summed E-state index contributed by atoms with van der Waals surface area (Å²) in [6.45, 7) is 5.38. The number of ether oxygens (including phenoxy) is 1. The molecule has 2 fully saturated rings. The Bertz CT molecular complexity index is 425. The Labute approximate surface area is 132 Å². The van der Waals surface area contributed by atoms with Crippen molar-refractivity contribution in [3.63, 3.8) is 0 Å². The molecule has 1 saturated carbocycles. The number of hydrogen-bond acceptors (Lipinski definition) is 3. The molecule has 0 spiro atoms. The predicted molar refractivity (Wildman–Crippen MR) is 87.1 cm³/mol. The molecule has 4 heteroatoms. The second-order valence-electron chi connectivity index (χ2n) is 6.27. The van der Waals surface area contributed by atoms with Gasteiger partial charge in [0.2, 0.25) is 0 Å². The number of likely N-dealkylation sites (tertiary alicyclic amines) is 1. The zero-order chi connectivity index (χ0) is 14.5. The second kappa shape index (κ2) is 7.48. The van der Waals surface area contributed by atoms with Gasteiger partial charge in [0.15, 0.2) is 0 Å². The predicted octanol–water partition coefficient (Wildman–Crippen LogP) is 3.18. The summed E-state index contributed by atoms with van der Waals surface area (Å²) in [5, 5.41) is 4.47. The molecular weight excluding hydrogens is 284 g/mol. The number of nitrogens with one attached hydrogen (secondary N) is 1. The Hall–Kier alpha value is -0.770. The molecule has 1 aliphatic heterocycles. The van der Waals surface area contributed by atoms with E-state index in [2.05, 4.69) is 10.2 Å². The molecule has 0 aromatic heterocycles. The van der Waals surface area contributed by atoms with Crippen LogP contribution in [-0.2, 0) is 0 Å². The van der Waals surface area contributed by atoms with E-state index in [1.807, 2.05) is 24.3 Å². The largest absolute Gasteiger partial charge is 0.492 e. The van der Waals surface area contributed by atoms with Crippen LogP contribution >= 0.6 is 11.6 Å². The van der Waals surface area contributed by atoms with Crippen LogP contribution in [-0.4, -0.2) is 43.7 Å². The van der Waals surface area contributed by atoms with Crippen molar-refractivity contribution in [3.8, 4) is 5.75 Å². The molecule has 0 radical (unpaired) electrons. The minimum Gasteiger partial charge on any atom is -0.492 e. The summed E-state index contributed by atoms with van der Waals surface area (Å²) in [4.78, 5) is 2.51. The van der Waals surface area contributed by atoms with Gasteiger partial charge in [-0.3, -0.25) is 4.90 Å². The summed E-state index contributed by atoms with van der Waals surface area (Å²) in [5.74, 6) is 1.89. The number of rotatable bonds is 7. The van der Waals surface area contributed by atoms with Gasteiger partial charge in [-0.15, -0.1) is 0 Å². The van der Waals surface area contributed by atoms with Gasteiger partial charge in [0.1, 0.15) is 12.4 Å². The maximum absolute atomic E-state index is 5.86. The van der Waals surface area contributed by atoms with Crippen LogP contribution in [0.3, 0.4) is 0 Å². The molecule has 0 unspecified atom stereocenters. The minimum absolute atomic E-state index is 0.735. The van der Waals surface area contributed by atoms with Crippen LogP contribution in [0.1, 0.15) is 25.7 Å². The molecule has 2 aliphatic rings. The SMILES string of the molecule is Clc1ccc(OCCN2CCC(NCC3CC3)CC2)cc1. The summed E-state index contributed by atoms with van der Waals surface area (Å²) in [6.07, 6.45) is 5.42. The number of nitrogens with zero attached hydrogens (tertiary/aromatic N) is 1. The van der Waals surface area contributed by atoms with Crippen LogP contribution in [0, 0.1) is 5.92 Å². The lowest BCUT2D eigenvalue weighted by molar-refractivity contribution is 0.164. The summed E-state index contributed by atoms with van der Waals surface area (Å²) >= 11 is 5.86. The fraction of sp³-hybridized carbons (Fsp3) is 0.647. The van der Waals surface area contributed by atoms with Crippen LogP contribution in [0.15, 0.2) is 24.3 Å². The van der Waals surface area contributed by atoms with Crippen molar-refractivity contribution in [2.45, 2.75) is 31.7 Å². The van der Waals surface area contributed by atoms with E-state index < -0.39 is 0 Å². The van der Waals surface area contributed by atoms with Gasteiger partial charge >= 0.3 is 0 Å². The van der Waals surface area contributed by atoms with Crippen molar-refractivity contribution in [1.29, 1.82) is 0 Å². The molecule has 1 saturated heterocycles. The molecule has 1 heterocycles. The van der Waals surface area contributed by atoms with Gasteiger partial charge < -0.3 is 10.1 Å². The van der Waals surface area contributed by atoms with Crippen LogP contribution in [0.5, 0.6) is 5.75 Å². The molecule has 116 valence electrons. The van der Waals surface area contributed by atoms with E-state index in [1.165, 1.54) is 45.3 Å². The van der Waals surface area contributed by atoms with Gasteiger partial charge in [0, 0.05) is 17.6 Å². The van der Waals surface area contributed by atoms with E-state index in [0.717, 1.165) is 35.9 Å². The van der Waals surface area contributed by atoms with E-state index in [4.69, 9.17) is 16.3 Å². The third kappa shape index (κ3) is 5.17. The Morgan fingerprint density at radius 3 is 2.48 bits per heavy atom. The zero-order valence-electron chi connectivity index (χ0n) is 12.6. The summed E-state index contributed by atoms with van der Waals surface area (Å²) in [7, 11) is 0. The topological polar surface area (TPSA) is 24.5 Å². The van der Waals surface area contributed by atoms with Crippen molar-refractivity contribution >= 4 is 11.6 Å². The number of piperidine rings is 1. The monoisotopic (exact) mass is 308 g/mol. The average molecular weight is 309 g/mol. The van der Waals surface area contributed by atoms with Gasteiger partial charge in [-0.1, -0.05) is 11.6 Å². The maximum Gasteiger partial charge on any atom is 0.119 e. The third-order valence-electron chi connectivity index (χ3n) is 4.47. The third-order valence-corrected chi connectivity index (χ3v) is 4.72. The van der Waals surface area contributed by atoms with Gasteiger partial charge in [-0.05, 0) is 75.5 Å². The normalized spacial score (nSPS) is 20.6. The van der Waals surface area contributed by atoms with E-state index in [9.17, 15) is 0 Å². The van der Waals surface area contributed by atoms with Crippen LogP contribution in [0.25, 0.3) is 0 Å². The fourth-order valence-electron chi connectivity index (χ4n) is 2.84. The van der Waals surface area contributed by atoms with Gasteiger partial charge in [0.25, 0.3) is 0 Å². The highest BCUT2D eigenvalue weighted by Crippen LogP contribution is 2.28. The van der Waals surface area contributed by atoms with Crippen molar-refractivity contribution in [3.05, 3.63) is 29.3 Å². The lowest BCUT2D eigenvalue weighted by Crippen LogP contribution is -2.44. The summed E-state index contributed by atoms with van der Waals surface area (Å²) in [5.41, 5.74) is 0. The van der Waals surface area contributed by atoms with Gasteiger partial charge in [0.05, 0.1) is 0 Å². The molecule has 0 amide bonds. The molecular formula is C17H25ClN2O. The molecule has 0 atom stereocenters. The quantitative estimate of drug-likeness (QED) is 0.837. The van der Waals surface area contributed by atoms with Crippen molar-refractivity contribution < 1.29 is 4.74 Å². The molecule has 3 rings (SSSR count). The molecule has 1 aromatic carbocycles. The molecule has 0 bridgehead atoms. The van der Waals surface area contributed by atoms with E-state index in [1.54, 1.807) is 0 Å². The Kier molecular flexibility index (Phi) is 5.39. The van der Waals surface area contributed by atoms with Crippen molar-refractivity contribution in [2.75, 3.05) is 32.8 Å². The first-order chi connectivity index (χ1) is 10.3. The zero-order valence-corrected chi connectivity index (χ0v) is 13.3. The van der Waals surface area contributed by atoms with Gasteiger partial charge in [-0.2, -0.15) is 0 Å². The maximum atomic E-state index is 5.86. The highest BCUT2D eigenvalue weighted by atomic mass is 35.5. The number of hydrogen-bond donors (Lipinski definition) is 1. The smallest absolute Gasteiger partial charge is 0.119 e. The second-order valence-corrected chi connectivity index (χ2v) is 6.71. The molecule has 1 aliphatic carbocycles. The van der Waals surface area contributed by atoms with E-state index in [0.29, 0.717) is 0 Å². The molecule has 3 nitrogen and oxygen atoms in total. The molecule has 1 aromatic rings.